The van der Waals surface area contributed by atoms with E-state index in [0.717, 1.165) is 30.2 Å². The molecule has 0 radical (unpaired) electrons. The fraction of sp³-hybridized carbons (Fsp3) is 0.273. The van der Waals surface area contributed by atoms with Gasteiger partial charge in [0.2, 0.25) is 0 Å². The first-order valence-electron chi connectivity index (χ1n) is 5.25. The summed E-state index contributed by atoms with van der Waals surface area (Å²) in [6.07, 6.45) is 6.43. The molecule has 0 atom stereocenters. The number of pyridine rings is 1. The number of aromatic nitrogens is 3. The zero-order valence-electron chi connectivity index (χ0n) is 9.22. The first-order chi connectivity index (χ1) is 7.83. The quantitative estimate of drug-likeness (QED) is 0.596. The predicted molar refractivity (Wildman–Crippen MR) is 62.8 cm³/mol. The van der Waals surface area contributed by atoms with Crippen molar-refractivity contribution in [1.29, 1.82) is 0 Å². The zero-order chi connectivity index (χ0) is 11.4. The van der Waals surface area contributed by atoms with Crippen LogP contribution in [0.3, 0.4) is 0 Å². The first-order valence-corrected chi connectivity index (χ1v) is 5.25. The van der Waals surface area contributed by atoms with E-state index in [2.05, 4.69) is 26.9 Å². The first kappa shape index (κ1) is 10.6. The summed E-state index contributed by atoms with van der Waals surface area (Å²) in [5.74, 6) is 6.41. The predicted octanol–water partition coefficient (Wildman–Crippen LogP) is 1.17. The molecule has 0 spiro atoms. The average Bonchev–Trinajstić information content (AvgIpc) is 2.76. The molecule has 0 aliphatic carbocycles. The molecule has 0 saturated heterocycles. The third-order valence-electron chi connectivity index (χ3n) is 2.43. The van der Waals surface area contributed by atoms with Gasteiger partial charge in [0, 0.05) is 25.0 Å². The summed E-state index contributed by atoms with van der Waals surface area (Å²) in [4.78, 5) is 8.56. The van der Waals surface area contributed by atoms with Gasteiger partial charge >= 0.3 is 0 Å². The Morgan fingerprint density at radius 3 is 3.00 bits per heavy atom. The van der Waals surface area contributed by atoms with Crippen LogP contribution in [0, 0.1) is 0 Å². The van der Waals surface area contributed by atoms with Crippen molar-refractivity contribution in [3.63, 3.8) is 0 Å². The van der Waals surface area contributed by atoms with Crippen LogP contribution in [0.1, 0.15) is 18.4 Å². The second kappa shape index (κ2) is 4.76. The third-order valence-corrected chi connectivity index (χ3v) is 2.43. The van der Waals surface area contributed by atoms with Crippen LogP contribution in [0.5, 0.6) is 0 Å². The Hall–Kier alpha value is -1.88. The summed E-state index contributed by atoms with van der Waals surface area (Å²) in [7, 11) is 0. The number of rotatable bonds is 4. The molecule has 0 aliphatic heterocycles. The largest absolute Gasteiger partial charge is 0.329 e. The minimum Gasteiger partial charge on any atom is -0.329 e. The van der Waals surface area contributed by atoms with Gasteiger partial charge in [-0.3, -0.25) is 10.8 Å². The van der Waals surface area contributed by atoms with Crippen molar-refractivity contribution >= 4 is 5.69 Å². The molecule has 0 bridgehead atoms. The van der Waals surface area contributed by atoms with Crippen LogP contribution in [0.2, 0.25) is 0 Å². The number of nitrogens with one attached hydrogen (secondary N) is 1. The molecule has 84 valence electrons. The van der Waals surface area contributed by atoms with Crippen LogP contribution in [0.15, 0.2) is 30.7 Å². The molecule has 5 heteroatoms. The minimum atomic E-state index is 0.721. The van der Waals surface area contributed by atoms with E-state index < -0.39 is 0 Å². The van der Waals surface area contributed by atoms with Crippen molar-refractivity contribution in [2.24, 2.45) is 5.84 Å². The van der Waals surface area contributed by atoms with E-state index in [4.69, 9.17) is 5.84 Å². The monoisotopic (exact) mass is 217 g/mol. The zero-order valence-corrected chi connectivity index (χ0v) is 9.22. The Kier molecular flexibility index (Phi) is 3.16. The average molecular weight is 217 g/mol. The highest BCUT2D eigenvalue weighted by Crippen LogP contribution is 2.09. The third kappa shape index (κ3) is 2.20. The van der Waals surface area contributed by atoms with E-state index in [1.165, 1.54) is 0 Å². The highest BCUT2D eigenvalue weighted by atomic mass is 15.2. The molecular formula is C11H15N5. The second-order valence-corrected chi connectivity index (χ2v) is 3.51. The fourth-order valence-corrected chi connectivity index (χ4v) is 1.63. The molecule has 0 unspecified atom stereocenters. The highest BCUT2D eigenvalue weighted by Gasteiger charge is 2.02. The van der Waals surface area contributed by atoms with Crippen molar-refractivity contribution in [2.45, 2.75) is 19.9 Å². The normalized spacial score (nSPS) is 10.4. The van der Waals surface area contributed by atoms with Gasteiger partial charge in [0.25, 0.3) is 0 Å². The molecule has 3 N–H and O–H groups in total. The van der Waals surface area contributed by atoms with E-state index in [0.29, 0.717) is 0 Å². The number of hydrogen-bond donors (Lipinski definition) is 2. The molecule has 2 rings (SSSR count). The van der Waals surface area contributed by atoms with Crippen LogP contribution in [0.4, 0.5) is 5.69 Å². The van der Waals surface area contributed by atoms with Crippen molar-refractivity contribution in [3.8, 4) is 0 Å². The van der Waals surface area contributed by atoms with Gasteiger partial charge in [0.1, 0.15) is 5.82 Å². The number of aryl methyl sites for hydroxylation is 1. The SMILES string of the molecule is CCc1nccn1Cc1cc(NN)ccn1. The summed E-state index contributed by atoms with van der Waals surface area (Å²) >= 11 is 0. The van der Waals surface area contributed by atoms with Gasteiger partial charge in [-0.05, 0) is 12.1 Å². The molecule has 0 saturated carbocycles. The number of hydrogen-bond acceptors (Lipinski definition) is 4. The number of nitrogens with two attached hydrogens (primary N) is 1. The van der Waals surface area contributed by atoms with Gasteiger partial charge in [-0.1, -0.05) is 6.92 Å². The van der Waals surface area contributed by atoms with E-state index >= 15 is 0 Å². The van der Waals surface area contributed by atoms with Crippen LogP contribution in [-0.4, -0.2) is 14.5 Å². The van der Waals surface area contributed by atoms with Gasteiger partial charge in [-0.2, -0.15) is 0 Å². The van der Waals surface area contributed by atoms with Crippen molar-refractivity contribution in [3.05, 3.63) is 42.2 Å². The molecule has 0 fully saturated rings. The molecule has 2 heterocycles. The summed E-state index contributed by atoms with van der Waals surface area (Å²) in [5.41, 5.74) is 4.44. The molecule has 16 heavy (non-hydrogen) atoms. The number of imidazole rings is 1. The highest BCUT2D eigenvalue weighted by molar-refractivity contribution is 5.41. The fourth-order valence-electron chi connectivity index (χ4n) is 1.63. The molecule has 2 aromatic rings. The number of anilines is 1. The van der Waals surface area contributed by atoms with Gasteiger partial charge in [0.05, 0.1) is 17.9 Å². The van der Waals surface area contributed by atoms with Crippen molar-refractivity contribution in [2.75, 3.05) is 5.43 Å². The van der Waals surface area contributed by atoms with Crippen LogP contribution in [-0.2, 0) is 13.0 Å². The molecule has 0 amide bonds. The smallest absolute Gasteiger partial charge is 0.108 e. The van der Waals surface area contributed by atoms with Gasteiger partial charge in [-0.15, -0.1) is 0 Å². The van der Waals surface area contributed by atoms with E-state index in [-0.39, 0.29) is 0 Å². The number of nitrogen functional groups attached to an aromatic ring is 1. The molecule has 2 aromatic heterocycles. The Morgan fingerprint density at radius 2 is 2.25 bits per heavy atom. The lowest BCUT2D eigenvalue weighted by Crippen LogP contribution is -2.09. The summed E-state index contributed by atoms with van der Waals surface area (Å²) in [6.45, 7) is 2.81. The lowest BCUT2D eigenvalue weighted by atomic mass is 10.3. The standard InChI is InChI=1S/C11H15N5/c1-2-11-14-5-6-16(11)8-10-7-9(15-12)3-4-13-10/h3-7H,2,8,12H2,1H3,(H,13,15). The maximum atomic E-state index is 5.35. The maximum absolute atomic E-state index is 5.35. The Morgan fingerprint density at radius 1 is 1.38 bits per heavy atom. The maximum Gasteiger partial charge on any atom is 0.108 e. The Bertz CT molecular complexity index is 463. The van der Waals surface area contributed by atoms with E-state index in [1.54, 1.807) is 6.20 Å². The van der Waals surface area contributed by atoms with E-state index in [9.17, 15) is 0 Å². The van der Waals surface area contributed by atoms with Crippen molar-refractivity contribution < 1.29 is 0 Å². The van der Waals surface area contributed by atoms with Gasteiger partial charge in [-0.25, -0.2) is 4.98 Å². The van der Waals surface area contributed by atoms with Crippen molar-refractivity contribution in [1.82, 2.24) is 14.5 Å². The summed E-state index contributed by atoms with van der Waals surface area (Å²) in [5, 5.41) is 0. The van der Waals surface area contributed by atoms with Crippen LogP contribution >= 0.6 is 0 Å². The summed E-state index contributed by atoms with van der Waals surface area (Å²) < 4.78 is 2.09. The Balaban J connectivity index is 2.20. The molecule has 0 aromatic carbocycles. The lowest BCUT2D eigenvalue weighted by molar-refractivity contribution is 0.717. The topological polar surface area (TPSA) is 68.8 Å². The second-order valence-electron chi connectivity index (χ2n) is 3.51. The number of nitrogens with zero attached hydrogens (tertiary/aromatic N) is 3. The molecule has 5 nitrogen and oxygen atoms in total. The number of hydrazine groups is 1. The molecular weight excluding hydrogens is 202 g/mol. The van der Waals surface area contributed by atoms with Gasteiger partial charge in [0.15, 0.2) is 0 Å². The van der Waals surface area contributed by atoms with Gasteiger partial charge < -0.3 is 9.99 Å². The van der Waals surface area contributed by atoms with Crippen LogP contribution in [0.25, 0.3) is 0 Å². The molecule has 0 aliphatic rings. The van der Waals surface area contributed by atoms with E-state index in [1.807, 2.05) is 24.5 Å². The summed E-state index contributed by atoms with van der Waals surface area (Å²) in [6, 6.07) is 3.76. The lowest BCUT2D eigenvalue weighted by Gasteiger charge is -2.07. The van der Waals surface area contributed by atoms with Crippen LogP contribution < -0.4 is 11.3 Å². The Labute approximate surface area is 94.3 Å². The minimum absolute atomic E-state index is 0.721.